The summed E-state index contributed by atoms with van der Waals surface area (Å²) in [5, 5.41) is 0. The van der Waals surface area contributed by atoms with Gasteiger partial charge in [-0.25, -0.2) is 14.2 Å². The normalized spacial score (nSPS) is 15.1. The lowest BCUT2D eigenvalue weighted by atomic mass is 9.95. The summed E-state index contributed by atoms with van der Waals surface area (Å²) in [6.45, 7) is 5.98. The third-order valence-electron chi connectivity index (χ3n) is 6.38. The number of fused-ring (bicyclic) bond motifs is 1. The number of ether oxygens (including phenoxy) is 2. The van der Waals surface area contributed by atoms with Gasteiger partial charge in [0.05, 0.1) is 28.5 Å². The molecule has 0 aliphatic carbocycles. The van der Waals surface area contributed by atoms with Crippen LogP contribution in [0.4, 0.5) is 4.39 Å². The predicted molar refractivity (Wildman–Crippen MR) is 149 cm³/mol. The highest BCUT2D eigenvalue weighted by Crippen LogP contribution is 2.30. The molecule has 5 rings (SSSR count). The Labute approximate surface area is 229 Å². The zero-order valence-corrected chi connectivity index (χ0v) is 22.6. The monoisotopic (exact) mass is 542 g/mol. The van der Waals surface area contributed by atoms with Gasteiger partial charge in [0.15, 0.2) is 4.80 Å². The van der Waals surface area contributed by atoms with Crippen LogP contribution in [-0.2, 0) is 16.1 Å². The molecule has 6 nitrogen and oxygen atoms in total. The minimum absolute atomic E-state index is 0.225. The van der Waals surface area contributed by atoms with Crippen LogP contribution < -0.4 is 19.6 Å². The zero-order chi connectivity index (χ0) is 27.5. The van der Waals surface area contributed by atoms with Crippen molar-refractivity contribution >= 4 is 23.4 Å². The smallest absolute Gasteiger partial charge is 0.338 e. The number of aromatic nitrogens is 1. The van der Waals surface area contributed by atoms with E-state index in [1.54, 1.807) is 48.8 Å². The number of carbonyl (C=O) groups is 1. The van der Waals surface area contributed by atoms with Crippen molar-refractivity contribution in [1.29, 1.82) is 0 Å². The Morgan fingerprint density at radius 3 is 2.51 bits per heavy atom. The van der Waals surface area contributed by atoms with Crippen LogP contribution in [-0.4, -0.2) is 17.1 Å². The molecule has 2 heterocycles. The summed E-state index contributed by atoms with van der Waals surface area (Å²) in [6.07, 6.45) is 1.80. The fraction of sp³-hybridized carbons (Fsp3) is 0.194. The van der Waals surface area contributed by atoms with Crippen molar-refractivity contribution in [3.05, 3.63) is 132 Å². The van der Waals surface area contributed by atoms with Crippen LogP contribution in [0.5, 0.6) is 5.75 Å². The van der Waals surface area contributed by atoms with Crippen LogP contribution in [0.2, 0.25) is 0 Å². The number of rotatable bonds is 7. The van der Waals surface area contributed by atoms with Gasteiger partial charge in [0, 0.05) is 0 Å². The SMILES string of the molecule is CCOC(=O)C1=C(C)N=c2s/c(=C/c3ccc(OCc4cccc(F)c4)cc3)c(=O)n2[C@H]1c1ccc(C)cc1. The van der Waals surface area contributed by atoms with Crippen LogP contribution >= 0.6 is 11.3 Å². The standard InChI is InChI=1S/C31H27FN2O4S/c1-4-37-30(36)27-20(3)33-31-34(28(27)23-12-8-19(2)9-13-23)29(35)26(39-31)17-21-10-14-25(15-11-21)38-18-22-6-5-7-24(32)16-22/h5-17,28H,4,18H2,1-3H3/b26-17+/t28-/m0/s1. The molecule has 0 spiro atoms. The molecule has 4 aromatic rings. The molecule has 0 fully saturated rings. The zero-order valence-electron chi connectivity index (χ0n) is 21.8. The molecule has 39 heavy (non-hydrogen) atoms. The second-order valence-corrected chi connectivity index (χ2v) is 10.2. The Morgan fingerprint density at radius 1 is 1.08 bits per heavy atom. The second-order valence-electron chi connectivity index (χ2n) is 9.20. The van der Waals surface area contributed by atoms with Crippen LogP contribution in [0.3, 0.4) is 0 Å². The second kappa shape index (κ2) is 11.2. The molecule has 0 saturated carbocycles. The van der Waals surface area contributed by atoms with Gasteiger partial charge >= 0.3 is 5.97 Å². The third-order valence-corrected chi connectivity index (χ3v) is 7.37. The van der Waals surface area contributed by atoms with Gasteiger partial charge in [-0.2, -0.15) is 0 Å². The van der Waals surface area contributed by atoms with Crippen molar-refractivity contribution in [3.63, 3.8) is 0 Å². The number of allylic oxidation sites excluding steroid dienone is 1. The number of thiazole rings is 1. The van der Waals surface area contributed by atoms with E-state index in [4.69, 9.17) is 9.47 Å². The van der Waals surface area contributed by atoms with Crippen LogP contribution in [0.15, 0.2) is 93.9 Å². The fourth-order valence-corrected chi connectivity index (χ4v) is 5.51. The summed E-state index contributed by atoms with van der Waals surface area (Å²) in [6, 6.07) is 20.7. The molecule has 1 aliphatic heterocycles. The Hall–Kier alpha value is -4.30. The number of hydrogen-bond acceptors (Lipinski definition) is 6. The maximum absolute atomic E-state index is 13.7. The van der Waals surface area contributed by atoms with Gasteiger partial charge in [-0.1, -0.05) is 65.4 Å². The average molecular weight is 543 g/mol. The van der Waals surface area contributed by atoms with E-state index in [-0.39, 0.29) is 24.6 Å². The fourth-order valence-electron chi connectivity index (χ4n) is 4.46. The molecular formula is C31H27FN2O4S. The minimum atomic E-state index is -0.637. The van der Waals surface area contributed by atoms with Crippen LogP contribution in [0.1, 0.15) is 42.1 Å². The Bertz CT molecular complexity index is 1740. The lowest BCUT2D eigenvalue weighted by Crippen LogP contribution is -2.39. The summed E-state index contributed by atoms with van der Waals surface area (Å²) in [7, 11) is 0. The number of carbonyl (C=O) groups excluding carboxylic acids is 1. The highest BCUT2D eigenvalue weighted by atomic mass is 32.1. The van der Waals surface area contributed by atoms with E-state index in [0.717, 1.165) is 22.3 Å². The number of halogens is 1. The van der Waals surface area contributed by atoms with Crippen molar-refractivity contribution in [2.75, 3.05) is 6.61 Å². The van der Waals surface area contributed by atoms with Crippen LogP contribution in [0, 0.1) is 12.7 Å². The largest absolute Gasteiger partial charge is 0.489 e. The van der Waals surface area contributed by atoms with E-state index in [9.17, 15) is 14.0 Å². The van der Waals surface area contributed by atoms with Gasteiger partial charge in [-0.05, 0) is 67.8 Å². The molecule has 1 atom stereocenters. The molecule has 0 radical (unpaired) electrons. The number of hydrogen-bond donors (Lipinski definition) is 0. The molecule has 3 aromatic carbocycles. The maximum Gasteiger partial charge on any atom is 0.338 e. The Kier molecular flexibility index (Phi) is 7.56. The Morgan fingerprint density at radius 2 is 1.82 bits per heavy atom. The van der Waals surface area contributed by atoms with E-state index in [1.807, 2.05) is 43.3 Å². The number of nitrogens with zero attached hydrogens (tertiary/aromatic N) is 2. The van der Waals surface area contributed by atoms with E-state index in [2.05, 4.69) is 4.99 Å². The van der Waals surface area contributed by atoms with Crippen LogP contribution in [0.25, 0.3) is 6.08 Å². The van der Waals surface area contributed by atoms with E-state index < -0.39 is 12.0 Å². The summed E-state index contributed by atoms with van der Waals surface area (Å²) >= 11 is 1.28. The molecular weight excluding hydrogens is 515 g/mol. The van der Waals surface area contributed by atoms with Gasteiger partial charge < -0.3 is 9.47 Å². The van der Waals surface area contributed by atoms with Gasteiger partial charge in [0.2, 0.25) is 0 Å². The lowest BCUT2D eigenvalue weighted by molar-refractivity contribution is -0.139. The molecule has 198 valence electrons. The highest BCUT2D eigenvalue weighted by Gasteiger charge is 2.33. The van der Waals surface area contributed by atoms with Gasteiger partial charge in [0.25, 0.3) is 5.56 Å². The highest BCUT2D eigenvalue weighted by molar-refractivity contribution is 7.07. The molecule has 0 N–H and O–H groups in total. The summed E-state index contributed by atoms with van der Waals surface area (Å²) < 4.78 is 26.6. The first-order valence-corrected chi connectivity index (χ1v) is 13.4. The topological polar surface area (TPSA) is 69.9 Å². The molecule has 0 saturated heterocycles. The molecule has 0 bridgehead atoms. The van der Waals surface area contributed by atoms with Crippen molar-refractivity contribution in [2.24, 2.45) is 4.99 Å². The molecule has 1 aromatic heterocycles. The van der Waals surface area contributed by atoms with Crippen molar-refractivity contribution < 1.29 is 18.7 Å². The first-order chi connectivity index (χ1) is 18.8. The molecule has 0 amide bonds. The molecule has 8 heteroatoms. The first-order valence-electron chi connectivity index (χ1n) is 12.6. The minimum Gasteiger partial charge on any atom is -0.489 e. The van der Waals surface area contributed by atoms with Crippen molar-refractivity contribution in [2.45, 2.75) is 33.4 Å². The van der Waals surface area contributed by atoms with Crippen molar-refractivity contribution in [1.82, 2.24) is 4.57 Å². The van der Waals surface area contributed by atoms with E-state index in [1.165, 1.54) is 23.5 Å². The van der Waals surface area contributed by atoms with Crippen molar-refractivity contribution in [3.8, 4) is 5.75 Å². The quantitative estimate of drug-likeness (QED) is 0.314. The summed E-state index contributed by atoms with van der Waals surface area (Å²) in [5.41, 5.74) is 4.10. The summed E-state index contributed by atoms with van der Waals surface area (Å²) in [5.74, 6) is -0.151. The Balaban J connectivity index is 1.49. The van der Waals surface area contributed by atoms with E-state index in [0.29, 0.717) is 26.4 Å². The molecule has 0 unspecified atom stereocenters. The van der Waals surface area contributed by atoms with E-state index >= 15 is 0 Å². The predicted octanol–water partition coefficient (Wildman–Crippen LogP) is 4.82. The van der Waals surface area contributed by atoms with Gasteiger partial charge in [-0.15, -0.1) is 0 Å². The molecule has 1 aliphatic rings. The number of aryl methyl sites for hydroxylation is 1. The van der Waals surface area contributed by atoms with Gasteiger partial charge in [0.1, 0.15) is 18.2 Å². The number of benzene rings is 3. The average Bonchev–Trinajstić information content (AvgIpc) is 3.22. The third kappa shape index (κ3) is 5.61. The van der Waals surface area contributed by atoms with Gasteiger partial charge in [-0.3, -0.25) is 9.36 Å². The summed E-state index contributed by atoms with van der Waals surface area (Å²) in [4.78, 5) is 31.8. The first kappa shape index (κ1) is 26.3. The number of esters is 1. The maximum atomic E-state index is 13.7. The lowest BCUT2D eigenvalue weighted by Gasteiger charge is -2.24.